The lowest BCUT2D eigenvalue weighted by Gasteiger charge is -2.17. The van der Waals surface area contributed by atoms with Crippen molar-refractivity contribution in [2.45, 2.75) is 6.92 Å². The van der Waals surface area contributed by atoms with Gasteiger partial charge in [0.1, 0.15) is 0 Å². The third-order valence-electron chi connectivity index (χ3n) is 3.67. The first-order valence-electron chi connectivity index (χ1n) is 7.82. The monoisotopic (exact) mass is 386 g/mol. The maximum atomic E-state index is 8.49. The summed E-state index contributed by atoms with van der Waals surface area (Å²) in [5.41, 5.74) is 6.09. The summed E-state index contributed by atoms with van der Waals surface area (Å²) in [4.78, 5) is 0. The Kier molecular flexibility index (Phi) is 5.45. The van der Waals surface area contributed by atoms with Crippen molar-refractivity contribution in [3.8, 4) is 0 Å². The average Bonchev–Trinajstić information content (AvgIpc) is 2.62. The fourth-order valence-corrected chi connectivity index (χ4v) is 2.51. The molecule has 1 N–H and O–H groups in total. The van der Waals surface area contributed by atoms with Gasteiger partial charge in [0.15, 0.2) is 11.0 Å². The highest BCUT2D eigenvalue weighted by Crippen LogP contribution is 2.20. The van der Waals surface area contributed by atoms with Crippen LogP contribution in [0.1, 0.15) is 5.56 Å². The Bertz CT molecular complexity index is 1060. The molecule has 2 aromatic heterocycles. The smallest absolute Gasteiger partial charge is 0.355 e. The van der Waals surface area contributed by atoms with E-state index >= 15 is 0 Å². The van der Waals surface area contributed by atoms with Crippen molar-refractivity contribution in [3.05, 3.63) is 72.4 Å². The normalized spacial score (nSPS) is 11.1. The third kappa shape index (κ3) is 5.30. The number of nitrogens with one attached hydrogen (secondary N) is 1. The molecule has 0 saturated heterocycles. The number of benzene rings is 2. The van der Waals surface area contributed by atoms with Crippen LogP contribution in [0.3, 0.4) is 0 Å². The van der Waals surface area contributed by atoms with E-state index in [0.29, 0.717) is 0 Å². The molecule has 0 aliphatic carbocycles. The summed E-state index contributed by atoms with van der Waals surface area (Å²) >= 11 is 0. The van der Waals surface area contributed by atoms with Crippen molar-refractivity contribution < 1.29 is 33.3 Å². The Morgan fingerprint density at radius 3 is 2.22 bits per heavy atom. The van der Waals surface area contributed by atoms with Gasteiger partial charge in [-0.2, -0.15) is 4.40 Å². The van der Waals surface area contributed by atoms with Crippen molar-refractivity contribution in [2.24, 2.45) is 0 Å². The van der Waals surface area contributed by atoms with E-state index in [0.717, 1.165) is 28.1 Å². The molecule has 4 rings (SSSR count). The standard InChI is InChI=1S/C18H14N4.ClHO4/c1-13-5-7-14(8-6-13)19-15-9-10-16-17(12-15)22-11-3-2-4-18(22)21-20-16;2-1(3,4)5/h2-12H,1H3;(H,2,3,4,5). The van der Waals surface area contributed by atoms with Crippen LogP contribution in [-0.4, -0.2) is 10.2 Å². The fraction of sp³-hybridized carbons (Fsp3) is 0.0556. The SMILES string of the molecule is Cc1ccc(Nc2ccc3nnc4cccc[n+]4c3c2)cc1.[O-][Cl+3]([O-])([O-])[O-]. The van der Waals surface area contributed by atoms with E-state index in [2.05, 4.69) is 52.8 Å². The highest BCUT2D eigenvalue weighted by atomic mass is 35.7. The summed E-state index contributed by atoms with van der Waals surface area (Å²) in [6.07, 6.45) is 2.00. The summed E-state index contributed by atoms with van der Waals surface area (Å²) in [5.74, 6) is 0. The van der Waals surface area contributed by atoms with Gasteiger partial charge in [-0.15, -0.1) is 10.2 Å². The van der Waals surface area contributed by atoms with Gasteiger partial charge in [-0.3, -0.25) is 0 Å². The van der Waals surface area contributed by atoms with Crippen LogP contribution in [0.4, 0.5) is 11.4 Å². The molecule has 8 nitrogen and oxygen atoms in total. The van der Waals surface area contributed by atoms with Crippen molar-refractivity contribution in [2.75, 3.05) is 5.32 Å². The number of pyridine rings is 1. The summed E-state index contributed by atoms with van der Waals surface area (Å²) in [5, 5.41) is 11.9. The highest BCUT2D eigenvalue weighted by molar-refractivity contribution is 5.77. The molecule has 0 spiro atoms. The van der Waals surface area contributed by atoms with Crippen LogP contribution in [0.25, 0.3) is 16.7 Å². The molecule has 2 aromatic carbocycles. The maximum absolute atomic E-state index is 8.49. The molecular weight excluding hydrogens is 372 g/mol. The van der Waals surface area contributed by atoms with Crippen LogP contribution < -0.4 is 28.4 Å². The molecule has 0 aliphatic heterocycles. The first-order chi connectivity index (χ1) is 12.8. The fourth-order valence-electron chi connectivity index (χ4n) is 2.51. The molecule has 0 amide bonds. The highest BCUT2D eigenvalue weighted by Gasteiger charge is 2.10. The Labute approximate surface area is 156 Å². The molecule has 0 bridgehead atoms. The van der Waals surface area contributed by atoms with Crippen molar-refractivity contribution in [1.29, 1.82) is 0 Å². The van der Waals surface area contributed by atoms with E-state index in [1.54, 1.807) is 0 Å². The predicted molar refractivity (Wildman–Crippen MR) is 87.2 cm³/mol. The van der Waals surface area contributed by atoms with Crippen LogP contribution in [0.2, 0.25) is 0 Å². The Balaban J connectivity index is 0.000000376. The molecule has 138 valence electrons. The topological polar surface area (TPSA) is 134 Å². The summed E-state index contributed by atoms with van der Waals surface area (Å²) in [7, 11) is -4.94. The first kappa shape index (κ1) is 18.9. The minimum absolute atomic E-state index is 0.836. The molecular formula is C18H15ClN4O4. The van der Waals surface area contributed by atoms with Crippen molar-refractivity contribution in [1.82, 2.24) is 10.2 Å². The summed E-state index contributed by atoms with van der Waals surface area (Å²) < 4.78 is 36.0. The van der Waals surface area contributed by atoms with Gasteiger partial charge in [-0.25, -0.2) is 18.6 Å². The van der Waals surface area contributed by atoms with E-state index in [9.17, 15) is 0 Å². The van der Waals surface area contributed by atoms with Gasteiger partial charge in [0.2, 0.25) is 0 Å². The molecule has 27 heavy (non-hydrogen) atoms. The predicted octanol–water partition coefficient (Wildman–Crippen LogP) is -1.34. The first-order valence-corrected chi connectivity index (χ1v) is 9.05. The lowest BCUT2D eigenvalue weighted by molar-refractivity contribution is -2.00. The number of hydrogen-bond acceptors (Lipinski definition) is 7. The largest absolute Gasteiger partial charge is 0.355 e. The zero-order valence-corrected chi connectivity index (χ0v) is 15.0. The number of anilines is 2. The molecule has 0 saturated carbocycles. The second-order valence-corrected chi connectivity index (χ2v) is 6.46. The van der Waals surface area contributed by atoms with E-state index in [-0.39, 0.29) is 0 Å². The van der Waals surface area contributed by atoms with Crippen LogP contribution in [0.15, 0.2) is 66.9 Å². The van der Waals surface area contributed by atoms with Crippen molar-refractivity contribution in [3.63, 3.8) is 0 Å². The van der Waals surface area contributed by atoms with Gasteiger partial charge >= 0.3 is 5.65 Å². The van der Waals surface area contributed by atoms with Crippen LogP contribution in [0.5, 0.6) is 0 Å². The Hall–Kier alpha value is -2.88. The maximum Gasteiger partial charge on any atom is 0.355 e. The Morgan fingerprint density at radius 2 is 1.52 bits per heavy atom. The summed E-state index contributed by atoms with van der Waals surface area (Å²) in [6, 6.07) is 20.4. The van der Waals surface area contributed by atoms with E-state index in [1.807, 2.05) is 40.9 Å². The van der Waals surface area contributed by atoms with Gasteiger partial charge in [-0.1, -0.05) is 23.8 Å². The number of rotatable bonds is 2. The molecule has 9 heteroatoms. The number of aryl methyl sites for hydroxylation is 1. The van der Waals surface area contributed by atoms with Gasteiger partial charge in [0, 0.05) is 23.5 Å². The van der Waals surface area contributed by atoms with Crippen LogP contribution >= 0.6 is 0 Å². The quantitative estimate of drug-likeness (QED) is 0.333. The second-order valence-electron chi connectivity index (χ2n) is 5.70. The molecule has 4 aromatic rings. The molecule has 0 fully saturated rings. The number of fused-ring (bicyclic) bond motifs is 3. The number of aromatic nitrogens is 3. The average molecular weight is 387 g/mol. The van der Waals surface area contributed by atoms with E-state index in [1.165, 1.54) is 5.56 Å². The van der Waals surface area contributed by atoms with E-state index in [4.69, 9.17) is 18.6 Å². The minimum atomic E-state index is -4.94. The van der Waals surface area contributed by atoms with E-state index < -0.39 is 10.2 Å². The molecule has 0 atom stereocenters. The zero-order chi connectivity index (χ0) is 19.4. The lowest BCUT2D eigenvalue weighted by Crippen LogP contribution is -2.68. The van der Waals surface area contributed by atoms with Gasteiger partial charge in [-0.05, 0) is 42.4 Å². The second kappa shape index (κ2) is 7.78. The molecule has 0 radical (unpaired) electrons. The Morgan fingerprint density at radius 1 is 0.852 bits per heavy atom. The zero-order valence-electron chi connectivity index (χ0n) is 14.2. The number of nitrogens with zero attached hydrogens (tertiary/aromatic N) is 3. The number of halogens is 1. The number of hydrogen-bond donors (Lipinski definition) is 1. The van der Waals surface area contributed by atoms with Crippen LogP contribution in [-0.2, 0) is 0 Å². The van der Waals surface area contributed by atoms with Gasteiger partial charge < -0.3 is 5.32 Å². The molecule has 0 unspecified atom stereocenters. The molecule has 0 aliphatic rings. The minimum Gasteiger partial charge on any atom is -0.355 e. The third-order valence-corrected chi connectivity index (χ3v) is 3.67. The van der Waals surface area contributed by atoms with Gasteiger partial charge in [0.25, 0.3) is 0 Å². The molecule has 2 heterocycles. The summed E-state index contributed by atoms with van der Waals surface area (Å²) in [6.45, 7) is 2.08. The lowest BCUT2D eigenvalue weighted by atomic mass is 10.2. The van der Waals surface area contributed by atoms with Crippen molar-refractivity contribution >= 4 is 28.1 Å². The van der Waals surface area contributed by atoms with Gasteiger partial charge in [0.05, 0.1) is 11.3 Å². The van der Waals surface area contributed by atoms with Crippen LogP contribution in [0, 0.1) is 17.2 Å².